The fourth-order valence-corrected chi connectivity index (χ4v) is 2.60. The van der Waals surface area contributed by atoms with Gasteiger partial charge in [-0.1, -0.05) is 15.9 Å². The highest BCUT2D eigenvalue weighted by Crippen LogP contribution is 2.24. The second-order valence-electron chi connectivity index (χ2n) is 4.72. The van der Waals surface area contributed by atoms with Crippen LogP contribution in [0.2, 0.25) is 0 Å². The van der Waals surface area contributed by atoms with E-state index in [1.54, 1.807) is 18.3 Å². The number of aromatic nitrogens is 1. The highest BCUT2D eigenvalue weighted by atomic mass is 79.9. The highest BCUT2D eigenvalue weighted by molar-refractivity contribution is 9.10. The van der Waals surface area contributed by atoms with Gasteiger partial charge in [-0.3, -0.25) is 4.98 Å². The van der Waals surface area contributed by atoms with Gasteiger partial charge in [0.25, 0.3) is 0 Å². The monoisotopic (exact) mass is 345 g/mol. The summed E-state index contributed by atoms with van der Waals surface area (Å²) >= 11 is 3.35. The molecule has 0 saturated heterocycles. The third-order valence-electron chi connectivity index (χ3n) is 3.24. The smallest absolute Gasteiger partial charge is 0.128 e. The summed E-state index contributed by atoms with van der Waals surface area (Å²) in [6, 6.07) is 12.3. The summed E-state index contributed by atoms with van der Waals surface area (Å²) in [4.78, 5) is 4.29. The first-order chi connectivity index (χ1) is 10.1. The third-order valence-corrected chi connectivity index (χ3v) is 3.74. The van der Waals surface area contributed by atoms with Gasteiger partial charge in [-0.05, 0) is 42.5 Å². The number of pyridine rings is 1. The Hall–Kier alpha value is -2.14. The zero-order chi connectivity index (χ0) is 14.8. The molecule has 0 bridgehead atoms. The molecule has 0 radical (unpaired) electrons. The molecule has 1 aromatic heterocycles. The van der Waals surface area contributed by atoms with Crippen molar-refractivity contribution in [2.24, 2.45) is 0 Å². The Kier molecular flexibility index (Phi) is 3.75. The summed E-state index contributed by atoms with van der Waals surface area (Å²) in [6.45, 7) is 0.398. The van der Waals surface area contributed by atoms with Gasteiger partial charge in [0.05, 0.1) is 5.52 Å². The van der Waals surface area contributed by atoms with Gasteiger partial charge in [-0.2, -0.15) is 0 Å². The lowest BCUT2D eigenvalue weighted by Crippen LogP contribution is -2.02. The van der Waals surface area contributed by atoms with Crippen LogP contribution < -0.4 is 11.1 Å². The van der Waals surface area contributed by atoms with Crippen LogP contribution in [0.5, 0.6) is 0 Å². The summed E-state index contributed by atoms with van der Waals surface area (Å²) < 4.78 is 14.6. The van der Waals surface area contributed by atoms with Gasteiger partial charge < -0.3 is 11.1 Å². The van der Waals surface area contributed by atoms with E-state index in [9.17, 15) is 4.39 Å². The average molecular weight is 346 g/mol. The zero-order valence-corrected chi connectivity index (χ0v) is 12.7. The van der Waals surface area contributed by atoms with E-state index in [-0.39, 0.29) is 5.82 Å². The molecule has 0 unspecified atom stereocenters. The third kappa shape index (κ3) is 2.97. The number of nitrogens with zero attached hydrogens (tertiary/aromatic N) is 1. The topological polar surface area (TPSA) is 50.9 Å². The predicted molar refractivity (Wildman–Crippen MR) is 87.6 cm³/mol. The molecule has 0 aliphatic carbocycles. The second-order valence-corrected chi connectivity index (χ2v) is 5.64. The quantitative estimate of drug-likeness (QED) is 0.694. The van der Waals surface area contributed by atoms with Crippen LogP contribution in [-0.4, -0.2) is 4.98 Å². The van der Waals surface area contributed by atoms with Gasteiger partial charge in [0.15, 0.2) is 0 Å². The Morgan fingerprint density at radius 2 is 2.00 bits per heavy atom. The standard InChI is InChI=1S/C16H13BrFN3/c17-11-1-4-14(18)10(7-11)9-21-15-5-6-20-16-8-12(19)2-3-13(15)16/h1-8H,9,19H2,(H,20,21). The molecule has 106 valence electrons. The molecule has 0 amide bonds. The molecule has 0 saturated carbocycles. The van der Waals surface area contributed by atoms with Crippen LogP contribution in [0.1, 0.15) is 5.56 Å². The Labute approximate surface area is 130 Å². The second kappa shape index (κ2) is 5.69. The molecule has 3 aromatic rings. The lowest BCUT2D eigenvalue weighted by atomic mass is 10.1. The van der Waals surface area contributed by atoms with Crippen LogP contribution in [0.15, 0.2) is 53.1 Å². The maximum atomic E-state index is 13.7. The summed E-state index contributed by atoms with van der Waals surface area (Å²) in [7, 11) is 0. The lowest BCUT2D eigenvalue weighted by Gasteiger charge is -2.10. The minimum absolute atomic E-state index is 0.228. The first kappa shape index (κ1) is 13.8. The van der Waals surface area contributed by atoms with Crippen molar-refractivity contribution in [1.82, 2.24) is 4.98 Å². The van der Waals surface area contributed by atoms with Gasteiger partial charge in [0, 0.05) is 39.5 Å². The van der Waals surface area contributed by atoms with Gasteiger partial charge in [-0.15, -0.1) is 0 Å². The highest BCUT2D eigenvalue weighted by Gasteiger charge is 2.05. The van der Waals surface area contributed by atoms with E-state index in [4.69, 9.17) is 5.73 Å². The fraction of sp³-hybridized carbons (Fsp3) is 0.0625. The molecular formula is C16H13BrFN3. The van der Waals surface area contributed by atoms with Crippen molar-refractivity contribution in [3.05, 3.63) is 64.5 Å². The van der Waals surface area contributed by atoms with E-state index in [1.165, 1.54) is 6.07 Å². The number of fused-ring (bicyclic) bond motifs is 1. The largest absolute Gasteiger partial charge is 0.399 e. The van der Waals surface area contributed by atoms with Crippen LogP contribution in [0.4, 0.5) is 15.8 Å². The molecule has 5 heteroatoms. The molecule has 3 nitrogen and oxygen atoms in total. The van der Waals surface area contributed by atoms with E-state index in [0.29, 0.717) is 17.8 Å². The maximum absolute atomic E-state index is 13.7. The Morgan fingerprint density at radius 3 is 2.86 bits per heavy atom. The van der Waals surface area contributed by atoms with Crippen molar-refractivity contribution in [1.29, 1.82) is 0 Å². The number of hydrogen-bond acceptors (Lipinski definition) is 3. The van der Waals surface area contributed by atoms with Crippen molar-refractivity contribution < 1.29 is 4.39 Å². The van der Waals surface area contributed by atoms with E-state index >= 15 is 0 Å². The molecule has 3 N–H and O–H groups in total. The van der Waals surface area contributed by atoms with Crippen molar-refractivity contribution in [3.63, 3.8) is 0 Å². The van der Waals surface area contributed by atoms with Crippen LogP contribution in [0.25, 0.3) is 10.9 Å². The first-order valence-corrected chi connectivity index (χ1v) is 7.25. The minimum atomic E-state index is -0.228. The molecule has 1 heterocycles. The average Bonchev–Trinajstić information content (AvgIpc) is 2.47. The molecule has 0 fully saturated rings. The van der Waals surface area contributed by atoms with Gasteiger partial charge >= 0.3 is 0 Å². The van der Waals surface area contributed by atoms with Crippen LogP contribution in [0.3, 0.4) is 0 Å². The number of hydrogen-bond donors (Lipinski definition) is 2. The van der Waals surface area contributed by atoms with Gasteiger partial charge in [-0.25, -0.2) is 4.39 Å². The Morgan fingerprint density at radius 1 is 1.14 bits per heavy atom. The Bertz CT molecular complexity index is 805. The summed E-state index contributed by atoms with van der Waals surface area (Å²) in [5.41, 5.74) is 8.75. The number of nitrogen functional groups attached to an aromatic ring is 1. The van der Waals surface area contributed by atoms with Crippen molar-refractivity contribution in [2.45, 2.75) is 6.54 Å². The van der Waals surface area contributed by atoms with Crippen LogP contribution >= 0.6 is 15.9 Å². The number of nitrogens with one attached hydrogen (secondary N) is 1. The molecule has 21 heavy (non-hydrogen) atoms. The summed E-state index contributed by atoms with van der Waals surface area (Å²) in [5, 5.41) is 4.21. The molecule has 3 rings (SSSR count). The van der Waals surface area contributed by atoms with E-state index in [0.717, 1.165) is 21.1 Å². The summed E-state index contributed by atoms with van der Waals surface area (Å²) in [5.74, 6) is -0.228. The molecule has 0 atom stereocenters. The van der Waals surface area contributed by atoms with Crippen LogP contribution in [0, 0.1) is 5.82 Å². The van der Waals surface area contributed by atoms with Crippen molar-refractivity contribution in [2.75, 3.05) is 11.1 Å². The van der Waals surface area contributed by atoms with Gasteiger partial charge in [0.2, 0.25) is 0 Å². The Balaban J connectivity index is 1.90. The number of benzene rings is 2. The van der Waals surface area contributed by atoms with E-state index in [1.807, 2.05) is 24.3 Å². The first-order valence-electron chi connectivity index (χ1n) is 6.45. The molecule has 0 aliphatic rings. The molecular weight excluding hydrogens is 333 g/mol. The van der Waals surface area contributed by atoms with E-state index in [2.05, 4.69) is 26.2 Å². The van der Waals surface area contributed by atoms with E-state index < -0.39 is 0 Å². The minimum Gasteiger partial charge on any atom is -0.399 e. The number of anilines is 2. The zero-order valence-electron chi connectivity index (χ0n) is 11.1. The molecule has 0 aliphatic heterocycles. The fourth-order valence-electron chi connectivity index (χ4n) is 2.19. The van der Waals surface area contributed by atoms with Crippen LogP contribution in [-0.2, 0) is 6.54 Å². The number of rotatable bonds is 3. The number of halogens is 2. The normalized spacial score (nSPS) is 10.8. The van der Waals surface area contributed by atoms with Crippen molar-refractivity contribution >= 4 is 38.2 Å². The predicted octanol–water partition coefficient (Wildman–Crippen LogP) is 4.33. The SMILES string of the molecule is Nc1ccc2c(NCc3cc(Br)ccc3F)ccnc2c1. The van der Waals surface area contributed by atoms with Crippen molar-refractivity contribution in [3.8, 4) is 0 Å². The summed E-state index contributed by atoms with van der Waals surface area (Å²) in [6.07, 6.45) is 1.71. The maximum Gasteiger partial charge on any atom is 0.128 e. The number of nitrogens with two attached hydrogens (primary N) is 1. The molecule has 0 spiro atoms. The lowest BCUT2D eigenvalue weighted by molar-refractivity contribution is 0.612. The van der Waals surface area contributed by atoms with Gasteiger partial charge in [0.1, 0.15) is 5.82 Å². The molecule has 2 aromatic carbocycles.